The van der Waals surface area contributed by atoms with Gasteiger partial charge in [-0.15, -0.1) is 0 Å². The molecule has 0 aliphatic rings. The summed E-state index contributed by atoms with van der Waals surface area (Å²) in [5, 5.41) is 4.52. The highest BCUT2D eigenvalue weighted by Gasteiger charge is 2.03. The highest BCUT2D eigenvalue weighted by molar-refractivity contribution is 14.1. The first-order valence-electron chi connectivity index (χ1n) is 6.02. The summed E-state index contributed by atoms with van der Waals surface area (Å²) in [4.78, 5) is 11.8. The first-order valence-corrected chi connectivity index (χ1v) is 7.48. The van der Waals surface area contributed by atoms with Crippen LogP contribution < -0.4 is 10.2 Å². The fourth-order valence-electron chi connectivity index (χ4n) is 1.59. The Hall–Kier alpha value is -1.60. The molecular weight excluding hydrogens is 403 g/mol. The minimum absolute atomic E-state index is 0.286. The maximum Gasteiger partial charge on any atom is 0.271 e. The maximum atomic E-state index is 11.8. The van der Waals surface area contributed by atoms with Gasteiger partial charge in [0, 0.05) is 10.6 Å². The lowest BCUT2D eigenvalue weighted by molar-refractivity contribution is 0.0955. The summed E-state index contributed by atoms with van der Waals surface area (Å²) in [5.74, 6) is 0.518. The van der Waals surface area contributed by atoms with Crippen molar-refractivity contribution in [2.45, 2.75) is 0 Å². The van der Waals surface area contributed by atoms with E-state index in [1.54, 1.807) is 37.6 Å². The lowest BCUT2D eigenvalue weighted by Gasteiger charge is -2.03. The third kappa shape index (κ3) is 4.44. The number of rotatable bonds is 4. The van der Waals surface area contributed by atoms with Crippen molar-refractivity contribution in [1.82, 2.24) is 5.43 Å². The molecule has 108 valence electrons. The van der Waals surface area contributed by atoms with E-state index in [2.05, 4.69) is 33.1 Å². The van der Waals surface area contributed by atoms with Gasteiger partial charge in [-0.1, -0.05) is 11.6 Å². The molecule has 2 rings (SSSR count). The molecule has 0 unspecified atom stereocenters. The average Bonchev–Trinajstić information content (AvgIpc) is 2.48. The molecule has 21 heavy (non-hydrogen) atoms. The molecule has 4 nitrogen and oxygen atoms in total. The summed E-state index contributed by atoms with van der Waals surface area (Å²) < 4.78 is 6.15. The van der Waals surface area contributed by atoms with Crippen LogP contribution in [0.15, 0.2) is 47.6 Å². The van der Waals surface area contributed by atoms with E-state index in [9.17, 15) is 4.79 Å². The minimum Gasteiger partial charge on any atom is -0.496 e. The Morgan fingerprint density at radius 1 is 1.29 bits per heavy atom. The van der Waals surface area contributed by atoms with Crippen LogP contribution in [0.3, 0.4) is 0 Å². The van der Waals surface area contributed by atoms with E-state index in [-0.39, 0.29) is 5.91 Å². The SMILES string of the molecule is COc1ccc(/C=N/NC(=O)c2ccc(Cl)cc2)cc1I. The number of hydrogen-bond donors (Lipinski definition) is 1. The van der Waals surface area contributed by atoms with Gasteiger partial charge in [0.25, 0.3) is 5.91 Å². The number of halogens is 2. The summed E-state index contributed by atoms with van der Waals surface area (Å²) in [6.45, 7) is 0. The van der Waals surface area contributed by atoms with Crippen molar-refractivity contribution in [3.05, 3.63) is 62.2 Å². The van der Waals surface area contributed by atoms with E-state index >= 15 is 0 Å². The summed E-state index contributed by atoms with van der Waals surface area (Å²) >= 11 is 7.94. The van der Waals surface area contributed by atoms with Crippen LogP contribution in [0.4, 0.5) is 0 Å². The highest BCUT2D eigenvalue weighted by atomic mass is 127. The Morgan fingerprint density at radius 3 is 2.62 bits per heavy atom. The maximum absolute atomic E-state index is 11.8. The van der Waals surface area contributed by atoms with Gasteiger partial charge in [0.2, 0.25) is 0 Å². The van der Waals surface area contributed by atoms with Crippen molar-refractivity contribution in [2.24, 2.45) is 5.10 Å². The van der Waals surface area contributed by atoms with Crippen molar-refractivity contribution < 1.29 is 9.53 Å². The van der Waals surface area contributed by atoms with E-state index < -0.39 is 0 Å². The van der Waals surface area contributed by atoms with Crippen LogP contribution >= 0.6 is 34.2 Å². The number of ether oxygens (including phenoxy) is 1. The van der Waals surface area contributed by atoms with Gasteiger partial charge in [-0.2, -0.15) is 5.10 Å². The van der Waals surface area contributed by atoms with Gasteiger partial charge in [0.1, 0.15) is 5.75 Å². The van der Waals surface area contributed by atoms with Crippen LogP contribution in [0.2, 0.25) is 5.02 Å². The monoisotopic (exact) mass is 414 g/mol. The molecule has 0 atom stereocenters. The second kappa shape index (κ2) is 7.42. The molecule has 0 heterocycles. The van der Waals surface area contributed by atoms with Crippen LogP contribution in [-0.2, 0) is 0 Å². The number of hydrogen-bond acceptors (Lipinski definition) is 3. The number of carbonyl (C=O) groups is 1. The van der Waals surface area contributed by atoms with Crippen molar-refractivity contribution >= 4 is 46.3 Å². The molecule has 0 aliphatic carbocycles. The fourth-order valence-corrected chi connectivity index (χ4v) is 2.48. The molecule has 0 fully saturated rings. The van der Waals surface area contributed by atoms with Gasteiger partial charge >= 0.3 is 0 Å². The largest absolute Gasteiger partial charge is 0.496 e. The van der Waals surface area contributed by atoms with E-state index in [1.165, 1.54) is 0 Å². The van der Waals surface area contributed by atoms with Crippen molar-refractivity contribution in [2.75, 3.05) is 7.11 Å². The van der Waals surface area contributed by atoms with Crippen LogP contribution in [0.5, 0.6) is 5.75 Å². The number of methoxy groups -OCH3 is 1. The van der Waals surface area contributed by atoms with Gasteiger partial charge in [0.15, 0.2) is 0 Å². The van der Waals surface area contributed by atoms with Crippen LogP contribution in [0.25, 0.3) is 0 Å². The average molecular weight is 415 g/mol. The van der Waals surface area contributed by atoms with Gasteiger partial charge in [-0.25, -0.2) is 5.43 Å². The lowest BCUT2D eigenvalue weighted by Crippen LogP contribution is -2.17. The minimum atomic E-state index is -0.286. The molecule has 0 aromatic heterocycles. The molecule has 2 aromatic carbocycles. The first-order chi connectivity index (χ1) is 10.1. The number of hydrazone groups is 1. The Bertz CT molecular complexity index is 672. The molecular formula is C15H12ClIN2O2. The zero-order valence-electron chi connectivity index (χ0n) is 11.1. The van der Waals surface area contributed by atoms with Gasteiger partial charge in [0.05, 0.1) is 16.9 Å². The number of amides is 1. The Morgan fingerprint density at radius 2 is 2.00 bits per heavy atom. The molecule has 0 spiro atoms. The van der Waals surface area contributed by atoms with Gasteiger partial charge in [-0.05, 0) is 70.6 Å². The topological polar surface area (TPSA) is 50.7 Å². The van der Waals surface area contributed by atoms with Gasteiger partial charge < -0.3 is 4.74 Å². The van der Waals surface area contributed by atoms with E-state index in [1.807, 2.05) is 18.2 Å². The lowest BCUT2D eigenvalue weighted by atomic mass is 10.2. The standard InChI is InChI=1S/C15H12ClIN2O2/c1-21-14-7-2-10(8-13(14)17)9-18-19-15(20)11-3-5-12(16)6-4-11/h2-9H,1H3,(H,19,20)/b18-9+. The molecule has 0 saturated carbocycles. The van der Waals surface area contributed by atoms with Gasteiger partial charge in [-0.3, -0.25) is 4.79 Å². The first kappa shape index (κ1) is 15.8. The number of carbonyl (C=O) groups excluding carboxylic acids is 1. The Balaban J connectivity index is 2.00. The predicted octanol–water partition coefficient (Wildman–Crippen LogP) is 3.72. The summed E-state index contributed by atoms with van der Waals surface area (Å²) in [6.07, 6.45) is 1.58. The Labute approximate surface area is 141 Å². The molecule has 1 amide bonds. The smallest absolute Gasteiger partial charge is 0.271 e. The van der Waals surface area contributed by atoms with E-state index in [4.69, 9.17) is 16.3 Å². The van der Waals surface area contributed by atoms with Crippen molar-refractivity contribution in [3.63, 3.8) is 0 Å². The molecule has 0 aliphatic heterocycles. The number of benzene rings is 2. The molecule has 0 saturated heterocycles. The normalized spacial score (nSPS) is 10.6. The van der Waals surface area contributed by atoms with E-state index in [0.717, 1.165) is 14.9 Å². The summed E-state index contributed by atoms with van der Waals surface area (Å²) in [6, 6.07) is 12.2. The van der Waals surface area contributed by atoms with Crippen LogP contribution in [0, 0.1) is 3.57 Å². The molecule has 0 radical (unpaired) electrons. The summed E-state index contributed by atoms with van der Waals surface area (Å²) in [7, 11) is 1.62. The second-order valence-electron chi connectivity index (χ2n) is 4.10. The molecule has 1 N–H and O–H groups in total. The second-order valence-corrected chi connectivity index (χ2v) is 5.70. The molecule has 2 aromatic rings. The van der Waals surface area contributed by atoms with Crippen LogP contribution in [-0.4, -0.2) is 19.2 Å². The zero-order valence-corrected chi connectivity index (χ0v) is 14.1. The number of nitrogens with zero attached hydrogens (tertiary/aromatic N) is 1. The zero-order chi connectivity index (χ0) is 15.2. The third-order valence-corrected chi connectivity index (χ3v) is 3.76. The molecule has 0 bridgehead atoms. The van der Waals surface area contributed by atoms with Crippen molar-refractivity contribution in [1.29, 1.82) is 0 Å². The third-order valence-electron chi connectivity index (χ3n) is 2.66. The summed E-state index contributed by atoms with van der Waals surface area (Å²) in [5.41, 5.74) is 3.84. The quantitative estimate of drug-likeness (QED) is 0.471. The van der Waals surface area contributed by atoms with Crippen LogP contribution in [0.1, 0.15) is 15.9 Å². The van der Waals surface area contributed by atoms with Crippen molar-refractivity contribution in [3.8, 4) is 5.75 Å². The molecule has 6 heteroatoms. The number of nitrogens with one attached hydrogen (secondary N) is 1. The van der Waals surface area contributed by atoms with E-state index in [0.29, 0.717) is 10.6 Å². The Kier molecular flexibility index (Phi) is 5.58. The fraction of sp³-hybridized carbons (Fsp3) is 0.0667. The highest BCUT2D eigenvalue weighted by Crippen LogP contribution is 2.20. The predicted molar refractivity (Wildman–Crippen MR) is 92.2 cm³/mol.